The highest BCUT2D eigenvalue weighted by atomic mass is 19.1. The summed E-state index contributed by atoms with van der Waals surface area (Å²) in [5, 5.41) is 10.8. The Kier molecular flexibility index (Phi) is 4.25. The smallest absolute Gasteiger partial charge is 0.348 e. The van der Waals surface area contributed by atoms with Crippen molar-refractivity contribution in [3.8, 4) is 5.75 Å². The van der Waals surface area contributed by atoms with E-state index in [4.69, 9.17) is 4.74 Å². The lowest BCUT2D eigenvalue weighted by Crippen LogP contribution is -2.45. The summed E-state index contributed by atoms with van der Waals surface area (Å²) < 4.78 is 23.7. The summed E-state index contributed by atoms with van der Waals surface area (Å²) in [5.74, 6) is -1.46. The monoisotopic (exact) mass is 298 g/mol. The first-order chi connectivity index (χ1) is 9.97. The number of fused-ring (bicyclic) bond motifs is 1. The zero-order chi connectivity index (χ0) is 15.6. The predicted molar refractivity (Wildman–Crippen MR) is 72.0 cm³/mol. The Morgan fingerprint density at radius 1 is 1.62 bits per heavy atom. The van der Waals surface area contributed by atoms with E-state index >= 15 is 0 Å². The summed E-state index contributed by atoms with van der Waals surface area (Å²) >= 11 is 0. The Hall–Kier alpha value is -2.38. The fourth-order valence-corrected chi connectivity index (χ4v) is 2.24. The number of ether oxygens (including phenoxy) is 2. The van der Waals surface area contributed by atoms with Gasteiger partial charge >= 0.3 is 11.7 Å². The van der Waals surface area contributed by atoms with E-state index in [2.05, 4.69) is 4.74 Å². The van der Waals surface area contributed by atoms with Gasteiger partial charge in [-0.2, -0.15) is 4.39 Å². The fourth-order valence-electron chi connectivity index (χ4n) is 2.24. The number of nitrogens with zero attached hydrogens (tertiary/aromatic N) is 2. The molecule has 8 heteroatoms. The van der Waals surface area contributed by atoms with E-state index in [1.807, 2.05) is 6.92 Å². The van der Waals surface area contributed by atoms with Crippen LogP contribution in [0.1, 0.15) is 13.3 Å². The third-order valence-electron chi connectivity index (χ3n) is 3.18. The number of carbonyl (C=O) groups is 1. The minimum atomic E-state index is -0.999. The Balaban J connectivity index is 2.44. The molecule has 1 aromatic carbocycles. The molecule has 114 valence electrons. The molecule has 0 saturated carbocycles. The molecule has 0 saturated heterocycles. The number of hydrogen-bond donors (Lipinski definition) is 0. The summed E-state index contributed by atoms with van der Waals surface area (Å²) in [4.78, 5) is 23.4. The summed E-state index contributed by atoms with van der Waals surface area (Å²) in [7, 11) is 1.24. The molecule has 0 spiro atoms. The molecule has 1 unspecified atom stereocenters. The lowest BCUT2D eigenvalue weighted by molar-refractivity contribution is -0.387. The number of methoxy groups -OCH3 is 1. The van der Waals surface area contributed by atoms with Gasteiger partial charge in [0, 0.05) is 18.7 Å². The van der Waals surface area contributed by atoms with Crippen molar-refractivity contribution in [2.24, 2.45) is 0 Å². The second-order valence-electron chi connectivity index (χ2n) is 4.60. The third-order valence-corrected chi connectivity index (χ3v) is 3.18. The van der Waals surface area contributed by atoms with Crippen molar-refractivity contribution in [1.29, 1.82) is 0 Å². The number of carbonyl (C=O) groups excluding carboxylic acids is 1. The maximum atomic E-state index is 13.7. The minimum Gasteiger partial charge on any atom is -0.475 e. The largest absolute Gasteiger partial charge is 0.475 e. The van der Waals surface area contributed by atoms with Gasteiger partial charge in [-0.3, -0.25) is 10.1 Å². The molecular weight excluding hydrogens is 283 g/mol. The van der Waals surface area contributed by atoms with Crippen LogP contribution in [0, 0.1) is 15.9 Å². The van der Waals surface area contributed by atoms with Crippen molar-refractivity contribution >= 4 is 17.3 Å². The fraction of sp³-hybridized carbons (Fsp3) is 0.462. The maximum Gasteiger partial charge on any atom is 0.348 e. The summed E-state index contributed by atoms with van der Waals surface area (Å²) in [5.41, 5.74) is -0.208. The van der Waals surface area contributed by atoms with E-state index in [-0.39, 0.29) is 12.3 Å². The highest BCUT2D eigenvalue weighted by Crippen LogP contribution is 2.38. The van der Waals surface area contributed by atoms with E-state index in [1.54, 1.807) is 4.90 Å². The number of nitro groups is 1. The molecular formula is C13H15FN2O5. The lowest BCUT2D eigenvalue weighted by Gasteiger charge is -2.34. The highest BCUT2D eigenvalue weighted by Gasteiger charge is 2.33. The van der Waals surface area contributed by atoms with Crippen LogP contribution in [-0.4, -0.2) is 37.2 Å². The summed E-state index contributed by atoms with van der Waals surface area (Å²) in [6, 6.07) is 2.07. The van der Waals surface area contributed by atoms with Gasteiger partial charge < -0.3 is 14.4 Å². The highest BCUT2D eigenvalue weighted by molar-refractivity contribution is 5.78. The summed E-state index contributed by atoms with van der Waals surface area (Å²) in [6.07, 6.45) is -0.117. The molecule has 0 fully saturated rings. The zero-order valence-corrected chi connectivity index (χ0v) is 11.7. The molecule has 7 nitrogen and oxygen atoms in total. The SMILES string of the molecule is CCCN1CC(C(=O)OC)Oc2cc(F)c([N+](=O)[O-])cc21. The number of anilines is 1. The molecule has 1 aliphatic heterocycles. The number of halogens is 1. The first-order valence-corrected chi connectivity index (χ1v) is 6.45. The molecule has 0 N–H and O–H groups in total. The van der Waals surface area contributed by atoms with Crippen molar-refractivity contribution in [2.75, 3.05) is 25.1 Å². The maximum absolute atomic E-state index is 13.7. The van der Waals surface area contributed by atoms with Gasteiger partial charge in [0.25, 0.3) is 0 Å². The van der Waals surface area contributed by atoms with Gasteiger partial charge in [0.05, 0.1) is 24.3 Å². The van der Waals surface area contributed by atoms with Crippen molar-refractivity contribution in [3.05, 3.63) is 28.1 Å². The van der Waals surface area contributed by atoms with Crippen LogP contribution in [0.25, 0.3) is 0 Å². The topological polar surface area (TPSA) is 81.9 Å². The van der Waals surface area contributed by atoms with Crippen molar-refractivity contribution in [2.45, 2.75) is 19.4 Å². The van der Waals surface area contributed by atoms with E-state index in [9.17, 15) is 19.3 Å². The first kappa shape index (κ1) is 15.0. The van der Waals surface area contributed by atoms with Crippen LogP contribution >= 0.6 is 0 Å². The van der Waals surface area contributed by atoms with E-state index in [1.165, 1.54) is 7.11 Å². The number of hydrogen-bond acceptors (Lipinski definition) is 6. The zero-order valence-electron chi connectivity index (χ0n) is 11.7. The van der Waals surface area contributed by atoms with Crippen LogP contribution in [0.4, 0.5) is 15.8 Å². The van der Waals surface area contributed by atoms with E-state index in [0.29, 0.717) is 12.2 Å². The van der Waals surface area contributed by atoms with Gasteiger partial charge in [0.1, 0.15) is 5.75 Å². The average molecular weight is 298 g/mol. The predicted octanol–water partition coefficient (Wildman–Crippen LogP) is 1.88. The minimum absolute atomic E-state index is 0.105. The van der Waals surface area contributed by atoms with Gasteiger partial charge in [-0.1, -0.05) is 6.92 Å². The number of esters is 1. The quantitative estimate of drug-likeness (QED) is 0.479. The molecule has 0 aromatic heterocycles. The third kappa shape index (κ3) is 2.88. The van der Waals surface area contributed by atoms with Crippen LogP contribution in [0.3, 0.4) is 0 Å². The van der Waals surface area contributed by atoms with Gasteiger partial charge in [0.15, 0.2) is 0 Å². The molecule has 21 heavy (non-hydrogen) atoms. The Morgan fingerprint density at radius 3 is 2.90 bits per heavy atom. The van der Waals surface area contributed by atoms with Crippen LogP contribution in [-0.2, 0) is 9.53 Å². The number of nitro benzene ring substituents is 1. The molecule has 0 amide bonds. The molecule has 1 heterocycles. The lowest BCUT2D eigenvalue weighted by atomic mass is 10.1. The van der Waals surface area contributed by atoms with Gasteiger partial charge in [-0.05, 0) is 6.42 Å². The standard InChI is InChI=1S/C13H15FN2O5/c1-3-4-15-7-12(13(17)20-2)21-11-5-8(14)9(16(18)19)6-10(11)15/h5-6,12H,3-4,7H2,1-2H3. The van der Waals surface area contributed by atoms with Gasteiger partial charge in [-0.25, -0.2) is 4.79 Å². The second kappa shape index (κ2) is 5.94. The average Bonchev–Trinajstić information content (AvgIpc) is 2.45. The summed E-state index contributed by atoms with van der Waals surface area (Å²) in [6.45, 7) is 2.70. The molecule has 1 aliphatic rings. The molecule has 0 aliphatic carbocycles. The van der Waals surface area contributed by atoms with Crippen LogP contribution in [0.5, 0.6) is 5.75 Å². The van der Waals surface area contributed by atoms with Crippen molar-refractivity contribution < 1.29 is 23.6 Å². The molecule has 2 rings (SSSR count). The molecule has 0 radical (unpaired) electrons. The van der Waals surface area contributed by atoms with Crippen molar-refractivity contribution in [3.63, 3.8) is 0 Å². The first-order valence-electron chi connectivity index (χ1n) is 6.45. The number of rotatable bonds is 4. The van der Waals surface area contributed by atoms with E-state index < -0.39 is 28.5 Å². The molecule has 1 atom stereocenters. The van der Waals surface area contributed by atoms with Crippen LogP contribution in [0.15, 0.2) is 12.1 Å². The molecule has 1 aromatic rings. The second-order valence-corrected chi connectivity index (χ2v) is 4.60. The normalized spacial score (nSPS) is 16.9. The number of benzene rings is 1. The Morgan fingerprint density at radius 2 is 2.33 bits per heavy atom. The van der Waals surface area contributed by atoms with Crippen LogP contribution in [0.2, 0.25) is 0 Å². The van der Waals surface area contributed by atoms with E-state index in [0.717, 1.165) is 18.6 Å². The van der Waals surface area contributed by atoms with Crippen LogP contribution < -0.4 is 9.64 Å². The van der Waals surface area contributed by atoms with Gasteiger partial charge in [-0.15, -0.1) is 0 Å². The Labute approximate surface area is 120 Å². The van der Waals surface area contributed by atoms with Crippen molar-refractivity contribution in [1.82, 2.24) is 0 Å². The van der Waals surface area contributed by atoms with Gasteiger partial charge in [0.2, 0.25) is 11.9 Å². The molecule has 0 bridgehead atoms. The Bertz CT molecular complexity index is 578.